The lowest BCUT2D eigenvalue weighted by molar-refractivity contribution is -0.129. The average Bonchev–Trinajstić information content (AvgIpc) is 2.29. The molecule has 1 saturated carbocycles. The van der Waals surface area contributed by atoms with Gasteiger partial charge in [0, 0.05) is 12.6 Å². The van der Waals surface area contributed by atoms with E-state index in [1.807, 2.05) is 0 Å². The molecule has 0 radical (unpaired) electrons. The zero-order valence-corrected chi connectivity index (χ0v) is 11.5. The van der Waals surface area contributed by atoms with Crippen molar-refractivity contribution >= 4 is 11.8 Å². The van der Waals surface area contributed by atoms with Crippen LogP contribution < -0.4 is 16.8 Å². The van der Waals surface area contributed by atoms with E-state index in [9.17, 15) is 9.59 Å². The van der Waals surface area contributed by atoms with Crippen molar-refractivity contribution in [2.45, 2.75) is 46.1 Å². The summed E-state index contributed by atoms with van der Waals surface area (Å²) >= 11 is 0. The standard InChI is InChI=1S/C13H25N3O2/c1-8-5-4-6-9(10(8)14)11(17)16-7-13(2,3)12(15)18/h8-10H,4-7,14H2,1-3H3,(H2,15,18)(H,16,17). The molecule has 5 N–H and O–H groups in total. The monoisotopic (exact) mass is 255 g/mol. The SMILES string of the molecule is CC1CCCC(C(=O)NCC(C)(C)C(N)=O)C1N. The number of nitrogens with two attached hydrogens (primary N) is 2. The summed E-state index contributed by atoms with van der Waals surface area (Å²) in [5.74, 6) is -0.233. The highest BCUT2D eigenvalue weighted by Gasteiger charge is 2.34. The Balaban J connectivity index is 2.53. The molecule has 0 aromatic heterocycles. The average molecular weight is 255 g/mol. The van der Waals surface area contributed by atoms with Crippen LogP contribution in [0.15, 0.2) is 0 Å². The molecular weight excluding hydrogens is 230 g/mol. The number of hydrogen-bond donors (Lipinski definition) is 3. The van der Waals surface area contributed by atoms with Gasteiger partial charge in [0.1, 0.15) is 0 Å². The molecule has 18 heavy (non-hydrogen) atoms. The first-order valence-electron chi connectivity index (χ1n) is 6.59. The summed E-state index contributed by atoms with van der Waals surface area (Å²) in [6.07, 6.45) is 2.94. The Hall–Kier alpha value is -1.10. The van der Waals surface area contributed by atoms with Crippen molar-refractivity contribution in [3.8, 4) is 0 Å². The highest BCUT2D eigenvalue weighted by atomic mass is 16.2. The lowest BCUT2D eigenvalue weighted by Crippen LogP contribution is -2.50. The third kappa shape index (κ3) is 3.45. The Morgan fingerprint density at radius 1 is 1.33 bits per heavy atom. The molecule has 0 saturated heterocycles. The van der Waals surface area contributed by atoms with Crippen LogP contribution in [-0.4, -0.2) is 24.4 Å². The largest absolute Gasteiger partial charge is 0.369 e. The Bertz CT molecular complexity index is 328. The molecule has 1 rings (SSSR count). The summed E-state index contributed by atoms with van der Waals surface area (Å²) in [5, 5.41) is 2.81. The minimum atomic E-state index is -0.722. The molecule has 0 aromatic rings. The van der Waals surface area contributed by atoms with Crippen LogP contribution in [0.3, 0.4) is 0 Å². The maximum Gasteiger partial charge on any atom is 0.224 e. The second-order valence-corrected chi connectivity index (χ2v) is 6.06. The third-order valence-electron chi connectivity index (χ3n) is 4.00. The zero-order valence-electron chi connectivity index (χ0n) is 11.5. The van der Waals surface area contributed by atoms with Crippen molar-refractivity contribution in [3.05, 3.63) is 0 Å². The van der Waals surface area contributed by atoms with Crippen molar-refractivity contribution in [1.82, 2.24) is 5.32 Å². The molecule has 5 heteroatoms. The first kappa shape index (κ1) is 15.0. The van der Waals surface area contributed by atoms with E-state index in [1.54, 1.807) is 13.8 Å². The summed E-state index contributed by atoms with van der Waals surface area (Å²) in [4.78, 5) is 23.3. The second-order valence-electron chi connectivity index (χ2n) is 6.06. The predicted molar refractivity (Wildman–Crippen MR) is 70.5 cm³/mol. The van der Waals surface area contributed by atoms with Gasteiger partial charge >= 0.3 is 0 Å². The molecule has 0 aliphatic heterocycles. The van der Waals surface area contributed by atoms with Crippen LogP contribution in [0.5, 0.6) is 0 Å². The number of rotatable bonds is 4. The number of carbonyl (C=O) groups excluding carboxylic acids is 2. The van der Waals surface area contributed by atoms with E-state index in [1.165, 1.54) is 0 Å². The van der Waals surface area contributed by atoms with Gasteiger partial charge in [-0.3, -0.25) is 9.59 Å². The molecule has 5 nitrogen and oxygen atoms in total. The minimum absolute atomic E-state index is 0.0524. The molecule has 2 amide bonds. The lowest BCUT2D eigenvalue weighted by Gasteiger charge is -2.33. The number of nitrogens with one attached hydrogen (secondary N) is 1. The fourth-order valence-electron chi connectivity index (χ4n) is 2.27. The molecule has 0 bridgehead atoms. The molecule has 1 fully saturated rings. The first-order valence-corrected chi connectivity index (χ1v) is 6.59. The number of hydrogen-bond acceptors (Lipinski definition) is 3. The zero-order chi connectivity index (χ0) is 13.9. The van der Waals surface area contributed by atoms with E-state index in [0.717, 1.165) is 19.3 Å². The van der Waals surface area contributed by atoms with Gasteiger partial charge in [0.15, 0.2) is 0 Å². The molecule has 1 aliphatic carbocycles. The number of amides is 2. The van der Waals surface area contributed by atoms with Gasteiger partial charge < -0.3 is 16.8 Å². The Morgan fingerprint density at radius 3 is 2.50 bits per heavy atom. The smallest absolute Gasteiger partial charge is 0.224 e. The van der Waals surface area contributed by atoms with Crippen LogP contribution in [0.1, 0.15) is 40.0 Å². The maximum atomic E-state index is 12.1. The normalized spacial score (nSPS) is 28.8. The maximum absolute atomic E-state index is 12.1. The summed E-state index contributed by atoms with van der Waals surface area (Å²) in [7, 11) is 0. The van der Waals surface area contributed by atoms with E-state index in [0.29, 0.717) is 5.92 Å². The van der Waals surface area contributed by atoms with Crippen molar-refractivity contribution in [1.29, 1.82) is 0 Å². The van der Waals surface area contributed by atoms with Gasteiger partial charge in [-0.2, -0.15) is 0 Å². The van der Waals surface area contributed by atoms with Gasteiger partial charge in [0.05, 0.1) is 11.3 Å². The van der Waals surface area contributed by atoms with Crippen LogP contribution in [0.2, 0.25) is 0 Å². The van der Waals surface area contributed by atoms with Crippen LogP contribution in [0.25, 0.3) is 0 Å². The predicted octanol–water partition coefficient (Wildman–Crippen LogP) is 0.378. The van der Waals surface area contributed by atoms with Crippen LogP contribution in [-0.2, 0) is 9.59 Å². The summed E-state index contributed by atoms with van der Waals surface area (Å²) in [5.41, 5.74) is 10.6. The molecule has 1 aliphatic rings. The first-order chi connectivity index (χ1) is 8.25. The fourth-order valence-corrected chi connectivity index (χ4v) is 2.27. The fraction of sp³-hybridized carbons (Fsp3) is 0.846. The molecule has 0 aromatic carbocycles. The molecule has 0 heterocycles. The van der Waals surface area contributed by atoms with Gasteiger partial charge in [-0.05, 0) is 32.6 Å². The van der Waals surface area contributed by atoms with Crippen LogP contribution in [0.4, 0.5) is 0 Å². The highest BCUT2D eigenvalue weighted by Crippen LogP contribution is 2.28. The Morgan fingerprint density at radius 2 is 1.94 bits per heavy atom. The minimum Gasteiger partial charge on any atom is -0.369 e. The lowest BCUT2D eigenvalue weighted by atomic mass is 9.77. The van der Waals surface area contributed by atoms with Crippen molar-refractivity contribution in [3.63, 3.8) is 0 Å². The summed E-state index contributed by atoms with van der Waals surface area (Å²) in [6, 6.07) is -0.0876. The third-order valence-corrected chi connectivity index (χ3v) is 4.00. The summed E-state index contributed by atoms with van der Waals surface area (Å²) in [6.45, 7) is 5.79. The van der Waals surface area contributed by atoms with Gasteiger partial charge in [-0.1, -0.05) is 13.3 Å². The number of carbonyl (C=O) groups is 2. The quantitative estimate of drug-likeness (QED) is 0.677. The van der Waals surface area contributed by atoms with Crippen LogP contribution in [0, 0.1) is 17.3 Å². The summed E-state index contributed by atoms with van der Waals surface area (Å²) < 4.78 is 0. The van der Waals surface area contributed by atoms with E-state index in [2.05, 4.69) is 12.2 Å². The van der Waals surface area contributed by atoms with Gasteiger partial charge in [-0.25, -0.2) is 0 Å². The van der Waals surface area contributed by atoms with Crippen molar-refractivity contribution in [2.24, 2.45) is 28.7 Å². The highest BCUT2D eigenvalue weighted by molar-refractivity contribution is 5.83. The van der Waals surface area contributed by atoms with Crippen molar-refractivity contribution in [2.75, 3.05) is 6.54 Å². The molecule has 3 unspecified atom stereocenters. The van der Waals surface area contributed by atoms with Gasteiger partial charge in [0.2, 0.25) is 11.8 Å². The molecule has 0 spiro atoms. The second kappa shape index (κ2) is 5.69. The van der Waals surface area contributed by atoms with Crippen molar-refractivity contribution < 1.29 is 9.59 Å². The topological polar surface area (TPSA) is 98.2 Å². The van der Waals surface area contributed by atoms with Gasteiger partial charge in [-0.15, -0.1) is 0 Å². The number of primary amides is 1. The molecular formula is C13H25N3O2. The molecule has 3 atom stereocenters. The van der Waals surface area contributed by atoms with Crippen LogP contribution >= 0.6 is 0 Å². The van der Waals surface area contributed by atoms with E-state index < -0.39 is 11.3 Å². The molecule has 104 valence electrons. The van der Waals surface area contributed by atoms with Gasteiger partial charge in [0.25, 0.3) is 0 Å². The van der Waals surface area contributed by atoms with E-state index in [4.69, 9.17) is 11.5 Å². The Kier molecular flexibility index (Phi) is 4.73. The van der Waals surface area contributed by atoms with E-state index >= 15 is 0 Å². The Labute approximate surface area is 109 Å². The van der Waals surface area contributed by atoms with E-state index in [-0.39, 0.29) is 24.4 Å².